The van der Waals surface area contributed by atoms with E-state index < -0.39 is 0 Å². The molecule has 0 aliphatic carbocycles. The van der Waals surface area contributed by atoms with Crippen LogP contribution >= 0.6 is 0 Å². The molecule has 1 N–H and O–H groups in total. The highest BCUT2D eigenvalue weighted by Crippen LogP contribution is 2.28. The van der Waals surface area contributed by atoms with Crippen LogP contribution < -0.4 is 4.74 Å². The van der Waals surface area contributed by atoms with E-state index in [1.807, 2.05) is 11.8 Å². The highest BCUT2D eigenvalue weighted by Gasteiger charge is 2.30. The maximum absolute atomic E-state index is 12.5. The van der Waals surface area contributed by atoms with Crippen molar-refractivity contribution >= 4 is 5.91 Å². The fourth-order valence-electron chi connectivity index (χ4n) is 2.67. The van der Waals surface area contributed by atoms with Gasteiger partial charge in [0.1, 0.15) is 11.6 Å². The van der Waals surface area contributed by atoms with Crippen LogP contribution in [0, 0.1) is 6.92 Å². The van der Waals surface area contributed by atoms with Gasteiger partial charge in [-0.2, -0.15) is 5.10 Å². The first-order valence-electron chi connectivity index (χ1n) is 7.45. The van der Waals surface area contributed by atoms with Crippen LogP contribution in [0.5, 0.6) is 5.75 Å². The van der Waals surface area contributed by atoms with Gasteiger partial charge >= 0.3 is 0 Å². The van der Waals surface area contributed by atoms with Crippen molar-refractivity contribution in [2.45, 2.75) is 32.2 Å². The number of hydrogen-bond donors (Lipinski definition) is 1. The Morgan fingerprint density at radius 3 is 3.14 bits per heavy atom. The van der Waals surface area contributed by atoms with E-state index in [9.17, 15) is 4.79 Å². The van der Waals surface area contributed by atoms with Crippen molar-refractivity contribution in [2.75, 3.05) is 13.2 Å². The first kappa shape index (κ1) is 14.5. The van der Waals surface area contributed by atoms with Gasteiger partial charge in [0, 0.05) is 12.7 Å². The summed E-state index contributed by atoms with van der Waals surface area (Å²) in [6.45, 7) is 2.58. The van der Waals surface area contributed by atoms with Crippen LogP contribution in [0.2, 0.25) is 0 Å². The molecule has 0 aromatic carbocycles. The van der Waals surface area contributed by atoms with Gasteiger partial charge in [0.05, 0.1) is 12.2 Å². The second-order valence-electron chi connectivity index (χ2n) is 5.36. The molecule has 1 amide bonds. The van der Waals surface area contributed by atoms with E-state index in [0.29, 0.717) is 18.1 Å². The molecule has 1 aliphatic rings. The zero-order chi connectivity index (χ0) is 15.4. The smallest absolute Gasteiger partial charge is 0.261 e. The summed E-state index contributed by atoms with van der Waals surface area (Å²) in [5, 5.41) is 7.05. The standard InChI is InChI=1S/C15H19N5O2/c1-11-17-15(19-18-11)13-6-2-3-8-20(13)14(21)10-22-12-5-4-7-16-9-12/h4-5,7,9,13H,2-3,6,8,10H2,1H3,(H,17,18,19)/t13-/m0/s1. The second-order valence-corrected chi connectivity index (χ2v) is 5.36. The van der Waals surface area contributed by atoms with Gasteiger partial charge in [-0.15, -0.1) is 0 Å². The minimum absolute atomic E-state index is 0.00555. The number of nitrogens with zero attached hydrogens (tertiary/aromatic N) is 4. The molecule has 1 saturated heterocycles. The summed E-state index contributed by atoms with van der Waals surface area (Å²) in [5.74, 6) is 2.00. The molecule has 116 valence electrons. The van der Waals surface area contributed by atoms with Crippen LogP contribution in [-0.2, 0) is 4.79 Å². The van der Waals surface area contributed by atoms with E-state index >= 15 is 0 Å². The monoisotopic (exact) mass is 301 g/mol. The van der Waals surface area contributed by atoms with Crippen LogP contribution in [-0.4, -0.2) is 44.1 Å². The fourth-order valence-corrected chi connectivity index (χ4v) is 2.67. The minimum atomic E-state index is -0.0660. The van der Waals surface area contributed by atoms with Crippen molar-refractivity contribution in [2.24, 2.45) is 0 Å². The lowest BCUT2D eigenvalue weighted by Gasteiger charge is -2.33. The summed E-state index contributed by atoms with van der Waals surface area (Å²) in [6, 6.07) is 3.50. The molecular weight excluding hydrogens is 282 g/mol. The molecule has 1 aliphatic heterocycles. The number of ether oxygens (including phenoxy) is 1. The number of aromatic nitrogens is 4. The highest BCUT2D eigenvalue weighted by atomic mass is 16.5. The van der Waals surface area contributed by atoms with Gasteiger partial charge in [-0.05, 0) is 38.3 Å². The maximum Gasteiger partial charge on any atom is 0.261 e. The van der Waals surface area contributed by atoms with Crippen LogP contribution in [0.1, 0.15) is 37.0 Å². The van der Waals surface area contributed by atoms with Gasteiger partial charge in [0.2, 0.25) is 0 Å². The van der Waals surface area contributed by atoms with Crippen molar-refractivity contribution in [3.63, 3.8) is 0 Å². The van der Waals surface area contributed by atoms with Crippen LogP contribution in [0.25, 0.3) is 0 Å². The summed E-state index contributed by atoms with van der Waals surface area (Å²) in [5.41, 5.74) is 0. The first-order valence-corrected chi connectivity index (χ1v) is 7.45. The van der Waals surface area contributed by atoms with Crippen molar-refractivity contribution in [1.82, 2.24) is 25.1 Å². The fraction of sp³-hybridized carbons (Fsp3) is 0.467. The molecule has 0 unspecified atom stereocenters. The Hall–Kier alpha value is -2.44. The molecule has 2 aromatic heterocycles. The second kappa shape index (κ2) is 6.55. The number of likely N-dealkylation sites (tertiary alicyclic amines) is 1. The lowest BCUT2D eigenvalue weighted by Crippen LogP contribution is -2.41. The van der Waals surface area contributed by atoms with Gasteiger partial charge < -0.3 is 9.64 Å². The SMILES string of the molecule is Cc1nc([C@@H]2CCCCN2C(=O)COc2cccnc2)n[nH]1. The van der Waals surface area contributed by atoms with Gasteiger partial charge in [0.15, 0.2) is 12.4 Å². The van der Waals surface area contributed by atoms with E-state index in [1.165, 1.54) is 0 Å². The van der Waals surface area contributed by atoms with Gasteiger partial charge in [-0.3, -0.25) is 14.9 Å². The van der Waals surface area contributed by atoms with Crippen molar-refractivity contribution in [3.8, 4) is 5.75 Å². The third kappa shape index (κ3) is 3.24. The average Bonchev–Trinajstić information content (AvgIpc) is 3.00. The Morgan fingerprint density at radius 1 is 1.50 bits per heavy atom. The molecule has 0 bridgehead atoms. The zero-order valence-electron chi connectivity index (χ0n) is 12.5. The number of amides is 1. The molecule has 3 heterocycles. The lowest BCUT2D eigenvalue weighted by atomic mass is 10.0. The van der Waals surface area contributed by atoms with Crippen molar-refractivity contribution in [1.29, 1.82) is 0 Å². The predicted molar refractivity (Wildman–Crippen MR) is 79.2 cm³/mol. The minimum Gasteiger partial charge on any atom is -0.482 e. The number of pyridine rings is 1. The number of H-pyrrole nitrogens is 1. The highest BCUT2D eigenvalue weighted by molar-refractivity contribution is 5.78. The van der Waals surface area contributed by atoms with Crippen LogP contribution in [0.3, 0.4) is 0 Å². The summed E-state index contributed by atoms with van der Waals surface area (Å²) < 4.78 is 5.51. The number of rotatable bonds is 4. The summed E-state index contributed by atoms with van der Waals surface area (Å²) in [6.07, 6.45) is 6.22. The number of aryl methyl sites for hydroxylation is 1. The van der Waals surface area contributed by atoms with Crippen LogP contribution in [0.15, 0.2) is 24.5 Å². The van der Waals surface area contributed by atoms with E-state index in [4.69, 9.17) is 4.74 Å². The topological polar surface area (TPSA) is 84.0 Å². The zero-order valence-corrected chi connectivity index (χ0v) is 12.5. The van der Waals surface area contributed by atoms with E-state index in [2.05, 4.69) is 20.2 Å². The third-order valence-electron chi connectivity index (χ3n) is 3.73. The molecule has 0 saturated carbocycles. The normalized spacial score (nSPS) is 18.2. The predicted octanol–water partition coefficient (Wildman–Crippen LogP) is 1.64. The average molecular weight is 301 g/mol. The lowest BCUT2D eigenvalue weighted by molar-refractivity contribution is -0.137. The Morgan fingerprint density at radius 2 is 2.41 bits per heavy atom. The number of carbonyl (C=O) groups excluding carboxylic acids is 1. The number of hydrogen-bond acceptors (Lipinski definition) is 5. The number of aromatic amines is 1. The van der Waals surface area contributed by atoms with E-state index in [0.717, 1.165) is 25.1 Å². The quantitative estimate of drug-likeness (QED) is 0.928. The molecular formula is C15H19N5O2. The van der Waals surface area contributed by atoms with E-state index in [-0.39, 0.29) is 18.6 Å². The Balaban J connectivity index is 1.66. The molecule has 3 rings (SSSR count). The maximum atomic E-state index is 12.5. The Labute approximate surface area is 128 Å². The molecule has 1 atom stereocenters. The molecule has 0 radical (unpaired) electrons. The summed E-state index contributed by atoms with van der Waals surface area (Å²) >= 11 is 0. The number of carbonyl (C=O) groups is 1. The van der Waals surface area contributed by atoms with Crippen molar-refractivity contribution in [3.05, 3.63) is 36.2 Å². The van der Waals surface area contributed by atoms with E-state index in [1.54, 1.807) is 24.5 Å². The molecule has 7 nitrogen and oxygen atoms in total. The summed E-state index contributed by atoms with van der Waals surface area (Å²) in [7, 11) is 0. The molecule has 22 heavy (non-hydrogen) atoms. The number of nitrogens with one attached hydrogen (secondary N) is 1. The largest absolute Gasteiger partial charge is 0.482 e. The molecule has 7 heteroatoms. The Kier molecular flexibility index (Phi) is 4.32. The van der Waals surface area contributed by atoms with Gasteiger partial charge in [0.25, 0.3) is 5.91 Å². The van der Waals surface area contributed by atoms with Crippen molar-refractivity contribution < 1.29 is 9.53 Å². The van der Waals surface area contributed by atoms with Gasteiger partial charge in [-0.1, -0.05) is 0 Å². The molecule has 1 fully saturated rings. The first-order chi connectivity index (χ1) is 10.7. The van der Waals surface area contributed by atoms with Gasteiger partial charge in [-0.25, -0.2) is 4.98 Å². The molecule has 0 spiro atoms. The molecule has 2 aromatic rings. The Bertz CT molecular complexity index is 628. The summed E-state index contributed by atoms with van der Waals surface area (Å²) in [4.78, 5) is 22.6. The number of piperidine rings is 1. The third-order valence-corrected chi connectivity index (χ3v) is 3.73. The van der Waals surface area contributed by atoms with Crippen LogP contribution in [0.4, 0.5) is 0 Å².